The van der Waals surface area contributed by atoms with Crippen molar-refractivity contribution in [2.45, 2.75) is 26.2 Å². The van der Waals surface area contributed by atoms with Crippen LogP contribution in [0.5, 0.6) is 5.75 Å². The van der Waals surface area contributed by atoms with Crippen LogP contribution >= 0.6 is 11.6 Å². The van der Waals surface area contributed by atoms with Crippen LogP contribution in [-0.2, 0) is 38.0 Å². The lowest BCUT2D eigenvalue weighted by molar-refractivity contribution is 0.103. The number of carbonyl (C=O) groups is 1. The summed E-state index contributed by atoms with van der Waals surface area (Å²) in [7, 11) is 3.46. The van der Waals surface area contributed by atoms with Crippen LogP contribution in [0, 0.1) is 5.82 Å². The van der Waals surface area contributed by atoms with E-state index in [-0.39, 0.29) is 25.1 Å². The number of nitrogens with zero attached hydrogens (tertiary/aromatic N) is 3. The second-order valence-electron chi connectivity index (χ2n) is 7.53. The maximum Gasteiger partial charge on any atom is 0.322 e. The number of hydrogen-bond acceptors (Lipinski definition) is 4. The largest absolute Gasteiger partial charge is 0.495 e. The van der Waals surface area contributed by atoms with E-state index in [9.17, 15) is 9.18 Å². The lowest BCUT2D eigenvalue weighted by atomic mass is 10.1. The summed E-state index contributed by atoms with van der Waals surface area (Å²) >= 11 is 6.07. The topological polar surface area (TPSA) is 68.6 Å². The summed E-state index contributed by atoms with van der Waals surface area (Å²) in [5.74, 6) is 0.220. The minimum Gasteiger partial charge on any atom is -0.495 e. The van der Waals surface area contributed by atoms with Gasteiger partial charge in [-0.2, -0.15) is 5.10 Å². The maximum atomic E-state index is 13.2. The molecule has 2 heterocycles. The molecule has 7 nitrogen and oxygen atoms in total. The zero-order valence-corrected chi connectivity index (χ0v) is 18.7. The number of amides is 2. The number of nitrogens with one attached hydrogen (secondary N) is 1. The number of anilines is 1. The van der Waals surface area contributed by atoms with Gasteiger partial charge in [0.15, 0.2) is 0 Å². The van der Waals surface area contributed by atoms with E-state index in [1.54, 1.807) is 30.2 Å². The zero-order chi connectivity index (χ0) is 22.7. The zero-order valence-electron chi connectivity index (χ0n) is 17.9. The Kier molecular flexibility index (Phi) is 6.62. The van der Waals surface area contributed by atoms with Crippen LogP contribution in [0.3, 0.4) is 0 Å². The van der Waals surface area contributed by atoms with Gasteiger partial charge in [-0.05, 0) is 29.8 Å². The number of methoxy groups -OCH3 is 1. The Morgan fingerprint density at radius 1 is 1.25 bits per heavy atom. The molecule has 0 fully saturated rings. The molecule has 0 saturated carbocycles. The molecular weight excluding hydrogens is 435 g/mol. The van der Waals surface area contributed by atoms with Gasteiger partial charge in [0.05, 0.1) is 38.2 Å². The molecule has 0 atom stereocenters. The van der Waals surface area contributed by atoms with Gasteiger partial charge in [-0.15, -0.1) is 0 Å². The van der Waals surface area contributed by atoms with E-state index < -0.39 is 0 Å². The van der Waals surface area contributed by atoms with Crippen molar-refractivity contribution in [3.63, 3.8) is 0 Å². The van der Waals surface area contributed by atoms with Crippen LogP contribution < -0.4 is 10.1 Å². The summed E-state index contributed by atoms with van der Waals surface area (Å²) < 4.78 is 26.2. The SMILES string of the molecule is COc1ccccc1NC(=O)N1CCc2c(c(COCc3ccc(F)cc3Cl)nn2C)C1. The average Bonchev–Trinajstić information content (AvgIpc) is 3.10. The first kappa shape index (κ1) is 22.1. The van der Waals surface area contributed by atoms with E-state index >= 15 is 0 Å². The molecule has 0 spiro atoms. The molecule has 4 rings (SSSR count). The lowest BCUT2D eigenvalue weighted by Gasteiger charge is -2.28. The van der Waals surface area contributed by atoms with E-state index in [1.165, 1.54) is 12.1 Å². The Labute approximate surface area is 190 Å². The highest BCUT2D eigenvalue weighted by molar-refractivity contribution is 6.31. The van der Waals surface area contributed by atoms with E-state index in [0.29, 0.717) is 41.5 Å². The highest BCUT2D eigenvalue weighted by atomic mass is 35.5. The third-order valence-corrected chi connectivity index (χ3v) is 5.82. The van der Waals surface area contributed by atoms with Crippen molar-refractivity contribution in [2.75, 3.05) is 19.0 Å². The van der Waals surface area contributed by atoms with Crippen molar-refractivity contribution in [1.29, 1.82) is 0 Å². The molecule has 32 heavy (non-hydrogen) atoms. The maximum absolute atomic E-state index is 13.2. The smallest absolute Gasteiger partial charge is 0.322 e. The molecule has 9 heteroatoms. The fourth-order valence-electron chi connectivity index (χ4n) is 3.80. The van der Waals surface area contributed by atoms with E-state index in [1.807, 2.05) is 23.9 Å². The van der Waals surface area contributed by atoms with Gasteiger partial charge >= 0.3 is 6.03 Å². The molecule has 1 N–H and O–H groups in total. The second kappa shape index (κ2) is 9.58. The molecular formula is C23H24ClFN4O3. The molecule has 0 saturated heterocycles. The predicted octanol–water partition coefficient (Wildman–Crippen LogP) is 4.53. The Hall–Kier alpha value is -3.10. The van der Waals surface area contributed by atoms with Crippen molar-refractivity contribution in [1.82, 2.24) is 14.7 Å². The van der Waals surface area contributed by atoms with Gasteiger partial charge in [-0.3, -0.25) is 4.68 Å². The number of aromatic nitrogens is 2. The monoisotopic (exact) mass is 458 g/mol. The van der Waals surface area contributed by atoms with Crippen molar-refractivity contribution in [2.24, 2.45) is 7.05 Å². The first-order chi connectivity index (χ1) is 15.5. The van der Waals surface area contributed by atoms with Crippen molar-refractivity contribution >= 4 is 23.3 Å². The highest BCUT2D eigenvalue weighted by Gasteiger charge is 2.27. The third-order valence-electron chi connectivity index (χ3n) is 5.47. The number of hydrogen-bond donors (Lipinski definition) is 1. The fraction of sp³-hybridized carbons (Fsp3) is 0.304. The summed E-state index contributed by atoms with van der Waals surface area (Å²) in [5, 5.41) is 7.83. The number of carbonyl (C=O) groups excluding carboxylic acids is 1. The molecule has 1 aliphatic heterocycles. The van der Waals surface area contributed by atoms with Crippen LogP contribution in [0.15, 0.2) is 42.5 Å². The summed E-state index contributed by atoms with van der Waals surface area (Å²) in [5.41, 5.74) is 4.17. The van der Waals surface area contributed by atoms with Gasteiger partial charge < -0.3 is 19.7 Å². The first-order valence-corrected chi connectivity index (χ1v) is 10.6. The number of ether oxygens (including phenoxy) is 2. The van der Waals surface area contributed by atoms with Gasteiger partial charge in [0, 0.05) is 36.3 Å². The normalized spacial score (nSPS) is 13.1. The van der Waals surface area contributed by atoms with E-state index in [0.717, 1.165) is 17.0 Å². The molecule has 0 radical (unpaired) electrons. The summed E-state index contributed by atoms with van der Waals surface area (Å²) in [6, 6.07) is 11.3. The van der Waals surface area contributed by atoms with Crippen molar-refractivity contribution < 1.29 is 18.7 Å². The molecule has 3 aromatic rings. The summed E-state index contributed by atoms with van der Waals surface area (Å²) in [4.78, 5) is 14.6. The molecule has 2 amide bonds. The lowest BCUT2D eigenvalue weighted by Crippen LogP contribution is -2.39. The fourth-order valence-corrected chi connectivity index (χ4v) is 4.02. The van der Waals surface area contributed by atoms with Crippen LogP contribution in [0.1, 0.15) is 22.5 Å². The van der Waals surface area contributed by atoms with Crippen molar-refractivity contribution in [3.8, 4) is 5.75 Å². The Morgan fingerprint density at radius 3 is 2.84 bits per heavy atom. The first-order valence-electron chi connectivity index (χ1n) is 10.2. The van der Waals surface area contributed by atoms with Gasteiger partial charge in [0.1, 0.15) is 11.6 Å². The number of rotatable bonds is 6. The number of aryl methyl sites for hydroxylation is 1. The van der Waals surface area contributed by atoms with Crippen LogP contribution in [-0.4, -0.2) is 34.4 Å². The predicted molar refractivity (Wildman–Crippen MR) is 119 cm³/mol. The highest BCUT2D eigenvalue weighted by Crippen LogP contribution is 2.27. The Balaban J connectivity index is 1.43. The molecule has 1 aromatic heterocycles. The number of urea groups is 1. The summed E-state index contributed by atoms with van der Waals surface area (Å²) in [6.45, 7) is 1.51. The van der Waals surface area contributed by atoms with Crippen molar-refractivity contribution in [3.05, 3.63) is 75.8 Å². The van der Waals surface area contributed by atoms with Gasteiger partial charge in [-0.1, -0.05) is 29.8 Å². The van der Waals surface area contributed by atoms with Gasteiger partial charge in [0.25, 0.3) is 0 Å². The Bertz CT molecular complexity index is 1130. The number of halogens is 2. The van der Waals surface area contributed by atoms with Crippen LogP contribution in [0.25, 0.3) is 0 Å². The molecule has 168 valence electrons. The third kappa shape index (κ3) is 4.71. The average molecular weight is 459 g/mol. The standard InChI is InChI=1S/C23H24ClFN4O3/c1-28-21-9-10-29(23(30)26-19-5-3-4-6-22(19)31-2)12-17(21)20(27-28)14-32-13-15-7-8-16(25)11-18(15)24/h3-8,11H,9-10,12-14H2,1-2H3,(H,26,30). The van der Waals surface area contributed by atoms with Crippen LogP contribution in [0.2, 0.25) is 5.02 Å². The van der Waals surface area contributed by atoms with E-state index in [4.69, 9.17) is 21.1 Å². The minimum atomic E-state index is -0.385. The number of benzene rings is 2. The molecule has 0 unspecified atom stereocenters. The summed E-state index contributed by atoms with van der Waals surface area (Å²) in [6.07, 6.45) is 0.696. The van der Waals surface area contributed by atoms with Gasteiger partial charge in [-0.25, -0.2) is 9.18 Å². The molecule has 2 aromatic carbocycles. The molecule has 0 aliphatic carbocycles. The quantitative estimate of drug-likeness (QED) is 0.589. The Morgan fingerprint density at radius 2 is 2.06 bits per heavy atom. The van der Waals surface area contributed by atoms with E-state index in [2.05, 4.69) is 10.4 Å². The number of para-hydroxylation sites is 2. The van der Waals surface area contributed by atoms with Gasteiger partial charge in [0.2, 0.25) is 0 Å². The number of fused-ring (bicyclic) bond motifs is 1. The van der Waals surface area contributed by atoms with Crippen LogP contribution in [0.4, 0.5) is 14.9 Å². The molecule has 1 aliphatic rings. The molecule has 0 bridgehead atoms. The minimum absolute atomic E-state index is 0.200. The second-order valence-corrected chi connectivity index (χ2v) is 7.93.